The van der Waals surface area contributed by atoms with Crippen LogP contribution in [0, 0.1) is 32.1 Å². The molecule has 1 fully saturated rings. The van der Waals surface area contributed by atoms with Crippen LogP contribution < -0.4 is 0 Å². The Hall–Kier alpha value is -0.760. The molecule has 0 spiro atoms. The predicted octanol–water partition coefficient (Wildman–Crippen LogP) is 3.80. The lowest BCUT2D eigenvalue weighted by molar-refractivity contribution is 0.0498. The number of hydrogen-bond donors (Lipinski definition) is 2. The summed E-state index contributed by atoms with van der Waals surface area (Å²) in [6.45, 7) is 10.9. The van der Waals surface area contributed by atoms with E-state index < -0.39 is 0 Å². The molecule has 2 atom stereocenters. The number of aryl methyl sites for hydroxylation is 1. The van der Waals surface area contributed by atoms with Crippen molar-refractivity contribution in [2.45, 2.75) is 60.0 Å². The number of aliphatic hydroxyl groups excluding tert-OH is 1. The molecule has 1 aliphatic rings. The smallest absolute Gasteiger partial charge is 0.0973 e. The Labute approximate surface area is 104 Å². The zero-order valence-corrected chi connectivity index (χ0v) is 11.7. The van der Waals surface area contributed by atoms with Crippen molar-refractivity contribution in [3.8, 4) is 0 Å². The molecule has 0 saturated heterocycles. The van der Waals surface area contributed by atoms with Crippen molar-refractivity contribution in [2.75, 3.05) is 0 Å². The molecule has 1 saturated carbocycles. The van der Waals surface area contributed by atoms with E-state index in [2.05, 4.69) is 39.6 Å². The molecule has 0 amide bonds. The van der Waals surface area contributed by atoms with Crippen LogP contribution in [0.4, 0.5) is 0 Å². The van der Waals surface area contributed by atoms with Crippen molar-refractivity contribution in [3.63, 3.8) is 0 Å². The molecule has 1 aromatic heterocycles. The molecule has 96 valence electrons. The Kier molecular flexibility index (Phi) is 3.11. The van der Waals surface area contributed by atoms with E-state index in [9.17, 15) is 5.11 Å². The molecule has 0 aliphatic heterocycles. The molecular formula is C15H25NO. The van der Waals surface area contributed by atoms with Gasteiger partial charge in [-0.25, -0.2) is 0 Å². The van der Waals surface area contributed by atoms with Gasteiger partial charge in [0.05, 0.1) is 6.10 Å². The maximum absolute atomic E-state index is 10.6. The van der Waals surface area contributed by atoms with Crippen LogP contribution in [0.15, 0.2) is 0 Å². The van der Waals surface area contributed by atoms with E-state index in [-0.39, 0.29) is 11.5 Å². The predicted molar refractivity (Wildman–Crippen MR) is 71.1 cm³/mol. The second-order valence-corrected chi connectivity index (χ2v) is 6.35. The summed E-state index contributed by atoms with van der Waals surface area (Å²) in [7, 11) is 0. The van der Waals surface area contributed by atoms with Crippen LogP contribution in [0.3, 0.4) is 0 Å². The standard InChI is InChI=1S/C15H25NO/c1-9-10(2)13(16-11(9)3)14(17)12-7-6-8-15(12,4)5/h12,14,16-17H,6-8H2,1-5H3. The minimum Gasteiger partial charge on any atom is -0.387 e. The largest absolute Gasteiger partial charge is 0.387 e. The fourth-order valence-corrected chi connectivity index (χ4v) is 3.31. The van der Waals surface area contributed by atoms with E-state index in [4.69, 9.17) is 0 Å². The normalized spacial score (nSPS) is 25.2. The second kappa shape index (κ2) is 4.16. The van der Waals surface area contributed by atoms with Crippen LogP contribution >= 0.6 is 0 Å². The van der Waals surface area contributed by atoms with Gasteiger partial charge in [0.2, 0.25) is 0 Å². The van der Waals surface area contributed by atoms with Crippen LogP contribution in [0.1, 0.15) is 61.7 Å². The van der Waals surface area contributed by atoms with Crippen LogP contribution in [-0.2, 0) is 0 Å². The molecule has 2 nitrogen and oxygen atoms in total. The van der Waals surface area contributed by atoms with E-state index in [0.29, 0.717) is 5.92 Å². The van der Waals surface area contributed by atoms with Crippen LogP contribution in [0.5, 0.6) is 0 Å². The van der Waals surface area contributed by atoms with Gasteiger partial charge in [-0.1, -0.05) is 20.3 Å². The van der Waals surface area contributed by atoms with E-state index in [1.54, 1.807) is 0 Å². The molecular weight excluding hydrogens is 210 g/mol. The lowest BCUT2D eigenvalue weighted by atomic mass is 9.77. The number of aromatic nitrogens is 1. The van der Waals surface area contributed by atoms with Crippen molar-refractivity contribution >= 4 is 0 Å². The van der Waals surface area contributed by atoms with Gasteiger partial charge in [0.25, 0.3) is 0 Å². The highest BCUT2D eigenvalue weighted by Gasteiger charge is 2.40. The minimum atomic E-state index is -0.333. The highest BCUT2D eigenvalue weighted by molar-refractivity contribution is 5.35. The third kappa shape index (κ3) is 2.03. The molecule has 17 heavy (non-hydrogen) atoms. The van der Waals surface area contributed by atoms with Gasteiger partial charge in [-0.2, -0.15) is 0 Å². The number of aliphatic hydroxyl groups is 1. The van der Waals surface area contributed by atoms with Crippen molar-refractivity contribution < 1.29 is 5.11 Å². The van der Waals surface area contributed by atoms with Gasteiger partial charge in [0.1, 0.15) is 0 Å². The molecule has 2 rings (SSSR count). The third-order valence-corrected chi connectivity index (χ3v) is 4.87. The fraction of sp³-hybridized carbons (Fsp3) is 0.733. The molecule has 1 aromatic rings. The molecule has 2 unspecified atom stereocenters. The Morgan fingerprint density at radius 2 is 1.88 bits per heavy atom. The molecule has 0 bridgehead atoms. The van der Waals surface area contributed by atoms with Gasteiger partial charge in [0.15, 0.2) is 0 Å². The first kappa shape index (κ1) is 12.7. The minimum absolute atomic E-state index is 0.263. The summed E-state index contributed by atoms with van der Waals surface area (Å²) in [5.41, 5.74) is 5.01. The van der Waals surface area contributed by atoms with Gasteiger partial charge in [0, 0.05) is 11.4 Å². The summed E-state index contributed by atoms with van der Waals surface area (Å²) in [5.74, 6) is 0.388. The van der Waals surface area contributed by atoms with Crippen molar-refractivity contribution in [1.82, 2.24) is 4.98 Å². The van der Waals surface area contributed by atoms with Gasteiger partial charge in [-0.05, 0) is 56.1 Å². The lowest BCUT2D eigenvalue weighted by Crippen LogP contribution is -2.24. The number of hydrogen-bond acceptors (Lipinski definition) is 1. The van der Waals surface area contributed by atoms with Gasteiger partial charge in [-0.3, -0.25) is 0 Å². The SMILES string of the molecule is Cc1[nH]c(C(O)C2CCCC2(C)C)c(C)c1C. The van der Waals surface area contributed by atoms with Crippen molar-refractivity contribution in [2.24, 2.45) is 11.3 Å². The molecule has 2 N–H and O–H groups in total. The molecule has 1 heterocycles. The number of H-pyrrole nitrogens is 1. The topological polar surface area (TPSA) is 36.0 Å². The first-order chi connectivity index (χ1) is 7.84. The number of rotatable bonds is 2. The molecule has 1 aliphatic carbocycles. The van der Waals surface area contributed by atoms with E-state index in [1.807, 2.05) is 0 Å². The maximum Gasteiger partial charge on any atom is 0.0973 e. The van der Waals surface area contributed by atoms with Crippen LogP contribution in [0.25, 0.3) is 0 Å². The summed E-state index contributed by atoms with van der Waals surface area (Å²) in [6.07, 6.45) is 3.28. The van der Waals surface area contributed by atoms with Gasteiger partial charge >= 0.3 is 0 Å². The van der Waals surface area contributed by atoms with Gasteiger partial charge < -0.3 is 10.1 Å². The van der Waals surface area contributed by atoms with E-state index >= 15 is 0 Å². The van der Waals surface area contributed by atoms with Crippen molar-refractivity contribution in [1.29, 1.82) is 0 Å². The first-order valence-corrected chi connectivity index (χ1v) is 6.68. The highest BCUT2D eigenvalue weighted by atomic mass is 16.3. The summed E-state index contributed by atoms with van der Waals surface area (Å²) in [4.78, 5) is 3.38. The summed E-state index contributed by atoms with van der Waals surface area (Å²) >= 11 is 0. The first-order valence-electron chi connectivity index (χ1n) is 6.68. The average Bonchev–Trinajstić information content (AvgIpc) is 2.72. The van der Waals surface area contributed by atoms with Crippen molar-refractivity contribution in [3.05, 3.63) is 22.5 Å². The molecule has 0 aromatic carbocycles. The maximum atomic E-state index is 10.6. The highest BCUT2D eigenvalue weighted by Crippen LogP contribution is 2.49. The Morgan fingerprint density at radius 3 is 2.29 bits per heavy atom. The Bertz CT molecular complexity index is 417. The summed E-state index contributed by atoms with van der Waals surface area (Å²) < 4.78 is 0. The zero-order chi connectivity index (χ0) is 12.8. The zero-order valence-electron chi connectivity index (χ0n) is 11.7. The Balaban J connectivity index is 2.31. The Morgan fingerprint density at radius 1 is 1.24 bits per heavy atom. The quantitative estimate of drug-likeness (QED) is 0.803. The van der Waals surface area contributed by atoms with Crippen LogP contribution in [-0.4, -0.2) is 10.1 Å². The summed E-state index contributed by atoms with van der Waals surface area (Å²) in [5, 5.41) is 10.6. The van der Waals surface area contributed by atoms with E-state index in [1.165, 1.54) is 29.7 Å². The molecule has 0 radical (unpaired) electrons. The average molecular weight is 235 g/mol. The summed E-state index contributed by atoms with van der Waals surface area (Å²) in [6, 6.07) is 0. The number of aromatic amines is 1. The van der Waals surface area contributed by atoms with Crippen LogP contribution in [0.2, 0.25) is 0 Å². The second-order valence-electron chi connectivity index (χ2n) is 6.35. The monoisotopic (exact) mass is 235 g/mol. The fourth-order valence-electron chi connectivity index (χ4n) is 3.31. The molecule has 2 heteroatoms. The lowest BCUT2D eigenvalue weighted by Gasteiger charge is -2.31. The number of nitrogens with one attached hydrogen (secondary N) is 1. The van der Waals surface area contributed by atoms with Gasteiger partial charge in [-0.15, -0.1) is 0 Å². The van der Waals surface area contributed by atoms with E-state index in [0.717, 1.165) is 12.1 Å². The third-order valence-electron chi connectivity index (χ3n) is 4.87.